The van der Waals surface area contributed by atoms with Gasteiger partial charge in [-0.25, -0.2) is 0 Å². The van der Waals surface area contributed by atoms with E-state index in [0.29, 0.717) is 22.1 Å². The Morgan fingerprint density at radius 3 is 3.00 bits per heavy atom. The summed E-state index contributed by atoms with van der Waals surface area (Å²) >= 11 is 1.31. The lowest BCUT2D eigenvalue weighted by atomic mass is 9.87. The van der Waals surface area contributed by atoms with Crippen LogP contribution >= 0.6 is 11.3 Å². The minimum absolute atomic E-state index is 0.0873. The summed E-state index contributed by atoms with van der Waals surface area (Å²) < 4.78 is 0. The largest absolute Gasteiger partial charge is 0.360 e. The molecule has 1 aliphatic rings. The van der Waals surface area contributed by atoms with E-state index in [4.69, 9.17) is 0 Å². The fourth-order valence-corrected chi connectivity index (χ4v) is 3.06. The molecule has 100 valence electrons. The Morgan fingerprint density at radius 1 is 1.44 bits per heavy atom. The standard InChI is InChI=1S/C12H20N4OS/c1-3-13-12-16-15-11(18-12)10(17)14-9-6-4-5-8(2)7-9/h8-9H,3-7H2,1-2H3,(H,13,16)(H,14,17). The lowest BCUT2D eigenvalue weighted by Gasteiger charge is -2.26. The second-order valence-corrected chi connectivity index (χ2v) is 5.86. The Hall–Kier alpha value is -1.17. The van der Waals surface area contributed by atoms with E-state index < -0.39 is 0 Å². The molecule has 2 unspecified atom stereocenters. The third-order valence-electron chi connectivity index (χ3n) is 3.22. The summed E-state index contributed by atoms with van der Waals surface area (Å²) in [4.78, 5) is 12.0. The van der Waals surface area contributed by atoms with Gasteiger partial charge in [-0.1, -0.05) is 31.1 Å². The summed E-state index contributed by atoms with van der Waals surface area (Å²) in [5, 5.41) is 15.1. The molecule has 0 radical (unpaired) electrons. The zero-order valence-corrected chi connectivity index (χ0v) is 11.7. The van der Waals surface area contributed by atoms with Gasteiger partial charge in [0.1, 0.15) is 0 Å². The normalized spacial score (nSPS) is 23.7. The Bertz CT molecular complexity index is 407. The molecule has 1 fully saturated rings. The van der Waals surface area contributed by atoms with Crippen molar-refractivity contribution in [3.63, 3.8) is 0 Å². The molecular weight excluding hydrogens is 248 g/mol. The highest BCUT2D eigenvalue weighted by Gasteiger charge is 2.22. The van der Waals surface area contributed by atoms with E-state index in [1.807, 2.05) is 6.92 Å². The Balaban J connectivity index is 1.90. The van der Waals surface area contributed by atoms with Gasteiger partial charge in [0.25, 0.3) is 5.91 Å². The number of aromatic nitrogens is 2. The Kier molecular flexibility index (Phi) is 4.52. The van der Waals surface area contributed by atoms with Gasteiger partial charge in [-0.05, 0) is 25.7 Å². The fraction of sp³-hybridized carbons (Fsp3) is 0.750. The molecule has 0 spiro atoms. The van der Waals surface area contributed by atoms with Crippen LogP contribution in [0.15, 0.2) is 0 Å². The van der Waals surface area contributed by atoms with Crippen LogP contribution in [0, 0.1) is 5.92 Å². The number of rotatable bonds is 4. The van der Waals surface area contributed by atoms with Crippen LogP contribution in [-0.4, -0.2) is 28.7 Å². The number of carbonyl (C=O) groups excluding carboxylic acids is 1. The number of carbonyl (C=O) groups is 1. The minimum Gasteiger partial charge on any atom is -0.360 e. The molecule has 2 atom stereocenters. The van der Waals surface area contributed by atoms with E-state index >= 15 is 0 Å². The third-order valence-corrected chi connectivity index (χ3v) is 4.10. The highest BCUT2D eigenvalue weighted by Crippen LogP contribution is 2.24. The van der Waals surface area contributed by atoms with Gasteiger partial charge in [-0.3, -0.25) is 4.79 Å². The average molecular weight is 268 g/mol. The monoisotopic (exact) mass is 268 g/mol. The van der Waals surface area contributed by atoms with Crippen LogP contribution in [0.25, 0.3) is 0 Å². The van der Waals surface area contributed by atoms with E-state index in [2.05, 4.69) is 27.8 Å². The first-order chi connectivity index (χ1) is 8.69. The van der Waals surface area contributed by atoms with E-state index in [9.17, 15) is 4.79 Å². The van der Waals surface area contributed by atoms with Crippen LogP contribution in [-0.2, 0) is 0 Å². The van der Waals surface area contributed by atoms with Gasteiger partial charge in [0.15, 0.2) is 0 Å². The SMILES string of the molecule is CCNc1nnc(C(=O)NC2CCCC(C)C2)s1. The van der Waals surface area contributed by atoms with Crippen LogP contribution in [0.5, 0.6) is 0 Å². The summed E-state index contributed by atoms with van der Waals surface area (Å²) in [6, 6.07) is 0.299. The van der Waals surface area contributed by atoms with Crippen molar-refractivity contribution in [3.05, 3.63) is 5.01 Å². The average Bonchev–Trinajstić information content (AvgIpc) is 2.78. The summed E-state index contributed by atoms with van der Waals surface area (Å²) in [5.41, 5.74) is 0. The van der Waals surface area contributed by atoms with Crippen molar-refractivity contribution in [2.75, 3.05) is 11.9 Å². The van der Waals surface area contributed by atoms with Crippen LogP contribution < -0.4 is 10.6 Å². The first-order valence-corrected chi connectivity index (χ1v) is 7.39. The van der Waals surface area contributed by atoms with Crippen LogP contribution in [0.3, 0.4) is 0 Å². The molecule has 6 heteroatoms. The number of nitrogens with zero attached hydrogens (tertiary/aromatic N) is 2. The van der Waals surface area contributed by atoms with Gasteiger partial charge in [-0.15, -0.1) is 10.2 Å². The van der Waals surface area contributed by atoms with Crippen LogP contribution in [0.4, 0.5) is 5.13 Å². The maximum absolute atomic E-state index is 12.0. The topological polar surface area (TPSA) is 66.9 Å². The number of amides is 1. The van der Waals surface area contributed by atoms with Gasteiger partial charge >= 0.3 is 0 Å². The van der Waals surface area contributed by atoms with Gasteiger partial charge in [0.05, 0.1) is 0 Å². The zero-order valence-electron chi connectivity index (χ0n) is 10.9. The zero-order chi connectivity index (χ0) is 13.0. The maximum Gasteiger partial charge on any atom is 0.282 e. The summed E-state index contributed by atoms with van der Waals surface area (Å²) in [5.74, 6) is 0.617. The molecular formula is C12H20N4OS. The van der Waals surface area contributed by atoms with Crippen molar-refractivity contribution in [1.82, 2.24) is 15.5 Å². The van der Waals surface area contributed by atoms with E-state index in [0.717, 1.165) is 19.4 Å². The second-order valence-electron chi connectivity index (χ2n) is 4.88. The highest BCUT2D eigenvalue weighted by molar-refractivity contribution is 7.17. The molecule has 2 N–H and O–H groups in total. The highest BCUT2D eigenvalue weighted by atomic mass is 32.1. The van der Waals surface area contributed by atoms with Crippen molar-refractivity contribution in [2.24, 2.45) is 5.92 Å². The number of hydrogen-bond acceptors (Lipinski definition) is 5. The smallest absolute Gasteiger partial charge is 0.282 e. The lowest BCUT2D eigenvalue weighted by molar-refractivity contribution is 0.0920. The quantitative estimate of drug-likeness (QED) is 0.879. The van der Waals surface area contributed by atoms with Crippen molar-refractivity contribution in [2.45, 2.75) is 45.6 Å². The fourth-order valence-electron chi connectivity index (χ4n) is 2.35. The number of anilines is 1. The number of hydrogen-bond donors (Lipinski definition) is 2. The molecule has 1 aromatic heterocycles. The third kappa shape index (κ3) is 3.41. The molecule has 1 aromatic rings. The van der Waals surface area contributed by atoms with Crippen molar-refractivity contribution in [3.8, 4) is 0 Å². The molecule has 1 saturated carbocycles. The molecule has 18 heavy (non-hydrogen) atoms. The Labute approximate surface area is 111 Å². The van der Waals surface area contributed by atoms with Gasteiger partial charge in [0.2, 0.25) is 10.1 Å². The molecule has 2 rings (SSSR count). The molecule has 1 heterocycles. The molecule has 0 bridgehead atoms. The van der Waals surface area contributed by atoms with E-state index in [-0.39, 0.29) is 5.91 Å². The van der Waals surface area contributed by atoms with Gasteiger partial charge in [0, 0.05) is 12.6 Å². The summed E-state index contributed by atoms with van der Waals surface area (Å²) in [6.45, 7) is 5.02. The predicted molar refractivity (Wildman–Crippen MR) is 73.0 cm³/mol. The van der Waals surface area contributed by atoms with E-state index in [1.54, 1.807) is 0 Å². The van der Waals surface area contributed by atoms with Gasteiger partial charge in [-0.2, -0.15) is 0 Å². The summed E-state index contributed by atoms with van der Waals surface area (Å²) in [6.07, 6.45) is 4.63. The van der Waals surface area contributed by atoms with Crippen molar-refractivity contribution < 1.29 is 4.79 Å². The molecule has 0 aliphatic heterocycles. The summed E-state index contributed by atoms with van der Waals surface area (Å²) in [7, 11) is 0. The second kappa shape index (κ2) is 6.13. The Morgan fingerprint density at radius 2 is 2.28 bits per heavy atom. The van der Waals surface area contributed by atoms with Crippen molar-refractivity contribution >= 4 is 22.4 Å². The molecule has 1 amide bonds. The van der Waals surface area contributed by atoms with E-state index in [1.165, 1.54) is 24.2 Å². The number of nitrogens with one attached hydrogen (secondary N) is 2. The first kappa shape index (κ1) is 13.3. The molecule has 1 aliphatic carbocycles. The minimum atomic E-state index is -0.0873. The molecule has 0 aromatic carbocycles. The van der Waals surface area contributed by atoms with Crippen LogP contribution in [0.1, 0.15) is 49.3 Å². The lowest BCUT2D eigenvalue weighted by Crippen LogP contribution is -2.37. The molecule has 5 nitrogen and oxygen atoms in total. The predicted octanol–water partition coefficient (Wildman–Crippen LogP) is 2.28. The van der Waals surface area contributed by atoms with Crippen molar-refractivity contribution in [1.29, 1.82) is 0 Å². The van der Waals surface area contributed by atoms with Crippen LogP contribution in [0.2, 0.25) is 0 Å². The molecule has 0 saturated heterocycles. The first-order valence-electron chi connectivity index (χ1n) is 6.57. The van der Waals surface area contributed by atoms with Gasteiger partial charge < -0.3 is 10.6 Å². The maximum atomic E-state index is 12.0.